The van der Waals surface area contributed by atoms with Crippen molar-refractivity contribution in [2.75, 3.05) is 19.6 Å². The Labute approximate surface area is 139 Å². The summed E-state index contributed by atoms with van der Waals surface area (Å²) < 4.78 is 5.16. The standard InChI is InChI=1S/C16H21N3O5/c20-13-8-12(15(22)23)16(18-13)3-5-19(6-4-16)10-14(21)17-9-11-2-1-7-24-11/h1-2,7,12H,3-6,8-10H2,(H,17,21)(H,18,20)(H,22,23). The minimum absolute atomic E-state index is 0.0406. The van der Waals surface area contributed by atoms with E-state index in [1.165, 1.54) is 0 Å². The van der Waals surface area contributed by atoms with Crippen LogP contribution in [0.3, 0.4) is 0 Å². The fourth-order valence-electron chi connectivity index (χ4n) is 3.56. The molecule has 0 saturated carbocycles. The fraction of sp³-hybridized carbons (Fsp3) is 0.562. The molecule has 24 heavy (non-hydrogen) atoms. The molecule has 0 aliphatic carbocycles. The molecule has 2 aliphatic rings. The summed E-state index contributed by atoms with van der Waals surface area (Å²) in [6, 6.07) is 3.56. The van der Waals surface area contributed by atoms with Crippen LogP contribution in [0.1, 0.15) is 25.0 Å². The zero-order chi connectivity index (χ0) is 17.2. The first-order chi connectivity index (χ1) is 11.5. The van der Waals surface area contributed by atoms with Gasteiger partial charge >= 0.3 is 5.97 Å². The van der Waals surface area contributed by atoms with E-state index < -0.39 is 17.4 Å². The van der Waals surface area contributed by atoms with Gasteiger partial charge in [0.05, 0.1) is 30.8 Å². The van der Waals surface area contributed by atoms with E-state index in [1.54, 1.807) is 18.4 Å². The molecule has 0 aromatic carbocycles. The van der Waals surface area contributed by atoms with E-state index in [0.717, 1.165) is 0 Å². The van der Waals surface area contributed by atoms with Crippen LogP contribution in [0, 0.1) is 5.92 Å². The van der Waals surface area contributed by atoms with Gasteiger partial charge < -0.3 is 20.2 Å². The lowest BCUT2D eigenvalue weighted by atomic mass is 9.78. The Morgan fingerprint density at radius 2 is 2.17 bits per heavy atom. The Balaban J connectivity index is 1.49. The molecule has 130 valence electrons. The summed E-state index contributed by atoms with van der Waals surface area (Å²) in [6.45, 7) is 1.76. The highest BCUT2D eigenvalue weighted by Crippen LogP contribution is 2.36. The molecule has 2 fully saturated rings. The third-order valence-corrected chi connectivity index (χ3v) is 4.90. The maximum Gasteiger partial charge on any atom is 0.309 e. The number of carboxylic acid groups (broad SMARTS) is 1. The predicted octanol–water partition coefficient (Wildman–Crippen LogP) is -0.0489. The summed E-state index contributed by atoms with van der Waals surface area (Å²) in [5, 5.41) is 15.0. The lowest BCUT2D eigenvalue weighted by molar-refractivity contribution is -0.145. The highest BCUT2D eigenvalue weighted by Gasteiger charge is 2.51. The van der Waals surface area contributed by atoms with Crippen LogP contribution in [0.15, 0.2) is 22.8 Å². The number of carbonyl (C=O) groups is 3. The first kappa shape index (κ1) is 16.5. The van der Waals surface area contributed by atoms with Crippen LogP contribution in [0.5, 0.6) is 0 Å². The van der Waals surface area contributed by atoms with Crippen LogP contribution in [0.4, 0.5) is 0 Å². The molecule has 0 bridgehead atoms. The SMILES string of the molecule is O=C(CN1CCC2(CC1)NC(=O)CC2C(=O)O)NCc1ccco1. The molecular weight excluding hydrogens is 314 g/mol. The Bertz CT molecular complexity index is 620. The van der Waals surface area contributed by atoms with E-state index in [9.17, 15) is 19.5 Å². The number of rotatable bonds is 5. The number of piperidine rings is 1. The first-order valence-electron chi connectivity index (χ1n) is 8.04. The van der Waals surface area contributed by atoms with Crippen molar-refractivity contribution in [1.82, 2.24) is 15.5 Å². The molecule has 2 aliphatic heterocycles. The maximum absolute atomic E-state index is 12.0. The number of carboxylic acids is 1. The minimum atomic E-state index is -0.932. The van der Waals surface area contributed by atoms with Crippen LogP contribution < -0.4 is 10.6 Å². The van der Waals surface area contributed by atoms with Gasteiger partial charge in [-0.25, -0.2) is 0 Å². The van der Waals surface area contributed by atoms with Gasteiger partial charge in [-0.3, -0.25) is 19.3 Å². The summed E-state index contributed by atoms with van der Waals surface area (Å²) in [7, 11) is 0. The van der Waals surface area contributed by atoms with Crippen LogP contribution in [0.2, 0.25) is 0 Å². The van der Waals surface area contributed by atoms with Gasteiger partial charge in [0.1, 0.15) is 5.76 Å². The second-order valence-corrected chi connectivity index (χ2v) is 6.43. The predicted molar refractivity (Wildman–Crippen MR) is 82.8 cm³/mol. The van der Waals surface area contributed by atoms with Crippen LogP contribution in [-0.2, 0) is 20.9 Å². The van der Waals surface area contributed by atoms with Crippen molar-refractivity contribution in [2.24, 2.45) is 5.92 Å². The molecule has 1 unspecified atom stereocenters. The molecule has 1 spiro atoms. The summed E-state index contributed by atoms with van der Waals surface area (Å²) >= 11 is 0. The molecule has 2 amide bonds. The van der Waals surface area contributed by atoms with Gasteiger partial charge in [-0.15, -0.1) is 0 Å². The topological polar surface area (TPSA) is 112 Å². The number of nitrogens with zero attached hydrogens (tertiary/aromatic N) is 1. The molecule has 1 aromatic heterocycles. The summed E-state index contributed by atoms with van der Waals surface area (Å²) in [4.78, 5) is 37.0. The third-order valence-electron chi connectivity index (χ3n) is 4.90. The zero-order valence-electron chi connectivity index (χ0n) is 13.3. The van der Waals surface area contributed by atoms with E-state index in [1.807, 2.05) is 4.90 Å². The minimum Gasteiger partial charge on any atom is -0.481 e. The third kappa shape index (κ3) is 3.43. The Kier molecular flexibility index (Phi) is 4.57. The lowest BCUT2D eigenvalue weighted by Crippen LogP contribution is -2.56. The van der Waals surface area contributed by atoms with Crippen molar-refractivity contribution in [1.29, 1.82) is 0 Å². The quantitative estimate of drug-likeness (QED) is 0.696. The van der Waals surface area contributed by atoms with Crippen molar-refractivity contribution in [2.45, 2.75) is 31.3 Å². The van der Waals surface area contributed by atoms with E-state index >= 15 is 0 Å². The van der Waals surface area contributed by atoms with E-state index in [-0.39, 0.29) is 24.8 Å². The number of nitrogens with one attached hydrogen (secondary N) is 2. The number of amides is 2. The van der Waals surface area contributed by atoms with Gasteiger partial charge in [-0.1, -0.05) is 0 Å². The number of furan rings is 1. The van der Waals surface area contributed by atoms with E-state index in [2.05, 4.69) is 10.6 Å². The van der Waals surface area contributed by atoms with Crippen LogP contribution >= 0.6 is 0 Å². The van der Waals surface area contributed by atoms with Crippen molar-refractivity contribution < 1.29 is 23.9 Å². The summed E-state index contributed by atoms with van der Waals surface area (Å²) in [5.41, 5.74) is -0.663. The molecule has 8 heteroatoms. The number of carbonyl (C=O) groups excluding carboxylic acids is 2. The average Bonchev–Trinajstić information content (AvgIpc) is 3.16. The monoisotopic (exact) mass is 335 g/mol. The smallest absolute Gasteiger partial charge is 0.309 e. The number of hydrogen-bond acceptors (Lipinski definition) is 5. The van der Waals surface area contributed by atoms with Crippen molar-refractivity contribution in [3.05, 3.63) is 24.2 Å². The van der Waals surface area contributed by atoms with Crippen molar-refractivity contribution >= 4 is 17.8 Å². The van der Waals surface area contributed by atoms with Crippen molar-refractivity contribution in [3.8, 4) is 0 Å². The molecule has 3 heterocycles. The molecule has 2 saturated heterocycles. The second-order valence-electron chi connectivity index (χ2n) is 6.43. The van der Waals surface area contributed by atoms with Gasteiger partial charge in [-0.05, 0) is 25.0 Å². The molecule has 1 aromatic rings. The largest absolute Gasteiger partial charge is 0.481 e. The Hall–Kier alpha value is -2.35. The maximum atomic E-state index is 12.0. The van der Waals surface area contributed by atoms with Gasteiger partial charge in [0.2, 0.25) is 11.8 Å². The average molecular weight is 335 g/mol. The second kappa shape index (κ2) is 6.64. The van der Waals surface area contributed by atoms with Gasteiger partial charge in [-0.2, -0.15) is 0 Å². The molecule has 1 atom stereocenters. The number of hydrogen-bond donors (Lipinski definition) is 3. The molecule has 8 nitrogen and oxygen atoms in total. The summed E-state index contributed by atoms with van der Waals surface area (Å²) in [5.74, 6) is -1.23. The van der Waals surface area contributed by atoms with Crippen molar-refractivity contribution in [3.63, 3.8) is 0 Å². The highest BCUT2D eigenvalue weighted by atomic mass is 16.4. The molecule has 3 rings (SSSR count). The molecule has 0 radical (unpaired) electrons. The normalized spacial score (nSPS) is 23.2. The van der Waals surface area contributed by atoms with E-state index in [0.29, 0.717) is 38.2 Å². The van der Waals surface area contributed by atoms with E-state index in [4.69, 9.17) is 4.42 Å². The van der Waals surface area contributed by atoms with Gasteiger partial charge in [0, 0.05) is 19.5 Å². The molecular formula is C16H21N3O5. The van der Waals surface area contributed by atoms with Gasteiger partial charge in [0.25, 0.3) is 0 Å². The lowest BCUT2D eigenvalue weighted by Gasteiger charge is -2.41. The van der Waals surface area contributed by atoms with Crippen LogP contribution in [-0.4, -0.2) is 53.0 Å². The zero-order valence-corrected chi connectivity index (χ0v) is 13.3. The Morgan fingerprint density at radius 3 is 2.79 bits per heavy atom. The van der Waals surface area contributed by atoms with Gasteiger partial charge in [0.15, 0.2) is 0 Å². The Morgan fingerprint density at radius 1 is 1.42 bits per heavy atom. The highest BCUT2D eigenvalue weighted by molar-refractivity contribution is 5.88. The fourth-order valence-corrected chi connectivity index (χ4v) is 3.56. The number of likely N-dealkylation sites (tertiary alicyclic amines) is 1. The molecule has 3 N–H and O–H groups in total. The summed E-state index contributed by atoms with van der Waals surface area (Å²) in [6.07, 6.45) is 2.68. The van der Waals surface area contributed by atoms with Crippen LogP contribution in [0.25, 0.3) is 0 Å². The number of aliphatic carboxylic acids is 1. The first-order valence-corrected chi connectivity index (χ1v) is 8.04.